The molecule has 2 heterocycles. The highest BCUT2D eigenvalue weighted by Gasteiger charge is 2.37. The molecular formula is C28H33N3O4S. The first-order chi connectivity index (χ1) is 17.2. The summed E-state index contributed by atoms with van der Waals surface area (Å²) < 4.78 is 34.2. The van der Waals surface area contributed by atoms with Gasteiger partial charge in [-0.1, -0.05) is 54.1 Å². The summed E-state index contributed by atoms with van der Waals surface area (Å²) in [6, 6.07) is 13.8. The lowest BCUT2D eigenvalue weighted by Crippen LogP contribution is -2.43. The molecule has 1 aromatic heterocycles. The molecule has 0 saturated carbocycles. The van der Waals surface area contributed by atoms with Crippen LogP contribution in [0.25, 0.3) is 12.2 Å². The number of benzene rings is 2. The fraction of sp³-hybridized carbons (Fsp3) is 0.357. The number of sulfonamides is 1. The minimum absolute atomic E-state index is 0.0558. The number of anilines is 1. The van der Waals surface area contributed by atoms with Crippen LogP contribution in [0.2, 0.25) is 0 Å². The SMILES string of the molecule is CCc1ccc(NC(=O)[C@H]2CCCN(S(=O)(=O)c3c(C)noc3/C=C/c3cc(C)ccc3C)C2)cc1. The van der Waals surface area contributed by atoms with Crippen LogP contribution in [0.5, 0.6) is 0 Å². The minimum atomic E-state index is -3.91. The van der Waals surface area contributed by atoms with E-state index in [2.05, 4.69) is 17.4 Å². The number of amides is 1. The van der Waals surface area contributed by atoms with Gasteiger partial charge in [-0.25, -0.2) is 8.42 Å². The maximum absolute atomic E-state index is 13.7. The second-order valence-electron chi connectivity index (χ2n) is 9.40. The normalized spacial score (nSPS) is 16.9. The van der Waals surface area contributed by atoms with Crippen LogP contribution >= 0.6 is 0 Å². The van der Waals surface area contributed by atoms with Crippen LogP contribution in [0.3, 0.4) is 0 Å². The number of carbonyl (C=O) groups excluding carboxylic acids is 1. The summed E-state index contributed by atoms with van der Waals surface area (Å²) in [5, 5.41) is 6.88. The van der Waals surface area contributed by atoms with Gasteiger partial charge >= 0.3 is 0 Å². The molecule has 1 fully saturated rings. The molecule has 1 N–H and O–H groups in total. The van der Waals surface area contributed by atoms with Gasteiger partial charge in [0.1, 0.15) is 5.69 Å². The molecule has 2 aromatic carbocycles. The van der Waals surface area contributed by atoms with Crippen molar-refractivity contribution < 1.29 is 17.7 Å². The summed E-state index contributed by atoms with van der Waals surface area (Å²) >= 11 is 0. The predicted molar refractivity (Wildman–Crippen MR) is 142 cm³/mol. The molecule has 1 amide bonds. The molecule has 36 heavy (non-hydrogen) atoms. The zero-order valence-corrected chi connectivity index (χ0v) is 22.1. The maximum Gasteiger partial charge on any atom is 0.248 e. The topological polar surface area (TPSA) is 92.5 Å². The highest BCUT2D eigenvalue weighted by Crippen LogP contribution is 2.30. The van der Waals surface area contributed by atoms with Crippen molar-refractivity contribution in [2.45, 2.75) is 51.9 Å². The molecule has 1 aliphatic rings. The summed E-state index contributed by atoms with van der Waals surface area (Å²) in [4.78, 5) is 13.0. The molecule has 1 saturated heterocycles. The van der Waals surface area contributed by atoms with Crippen molar-refractivity contribution in [3.63, 3.8) is 0 Å². The van der Waals surface area contributed by atoms with Crippen LogP contribution in [0.15, 0.2) is 51.9 Å². The lowest BCUT2D eigenvalue weighted by atomic mass is 9.98. The number of rotatable bonds is 7. The number of nitrogens with one attached hydrogen (secondary N) is 1. The van der Waals surface area contributed by atoms with E-state index in [1.165, 1.54) is 9.87 Å². The van der Waals surface area contributed by atoms with E-state index in [0.717, 1.165) is 23.1 Å². The van der Waals surface area contributed by atoms with Crippen molar-refractivity contribution in [3.05, 3.63) is 76.2 Å². The Bertz CT molecular complexity index is 1370. The van der Waals surface area contributed by atoms with Crippen molar-refractivity contribution in [2.75, 3.05) is 18.4 Å². The van der Waals surface area contributed by atoms with Gasteiger partial charge in [0.2, 0.25) is 15.9 Å². The molecule has 8 heteroatoms. The van der Waals surface area contributed by atoms with Gasteiger partial charge in [0.15, 0.2) is 10.7 Å². The first-order valence-corrected chi connectivity index (χ1v) is 13.7. The number of nitrogens with zero attached hydrogens (tertiary/aromatic N) is 2. The molecule has 1 atom stereocenters. The molecule has 0 aliphatic carbocycles. The lowest BCUT2D eigenvalue weighted by molar-refractivity contribution is -0.120. The maximum atomic E-state index is 13.7. The number of aromatic nitrogens is 1. The Morgan fingerprint density at radius 3 is 2.61 bits per heavy atom. The monoisotopic (exact) mass is 507 g/mol. The van der Waals surface area contributed by atoms with Crippen LogP contribution in [0.4, 0.5) is 5.69 Å². The number of aryl methyl sites for hydroxylation is 4. The average Bonchev–Trinajstić information content (AvgIpc) is 3.26. The summed E-state index contributed by atoms with van der Waals surface area (Å²) in [7, 11) is -3.91. The van der Waals surface area contributed by atoms with Gasteiger partial charge in [0.05, 0.1) is 5.92 Å². The second-order valence-corrected chi connectivity index (χ2v) is 11.3. The van der Waals surface area contributed by atoms with Crippen molar-refractivity contribution in [1.82, 2.24) is 9.46 Å². The summed E-state index contributed by atoms with van der Waals surface area (Å²) in [5.41, 5.74) is 5.38. The lowest BCUT2D eigenvalue weighted by Gasteiger charge is -2.31. The largest absolute Gasteiger partial charge is 0.355 e. The van der Waals surface area contributed by atoms with Crippen LogP contribution in [0, 0.1) is 26.7 Å². The molecule has 4 rings (SSSR count). The third-order valence-corrected chi connectivity index (χ3v) is 8.69. The Morgan fingerprint density at radius 1 is 1.14 bits per heavy atom. The molecule has 0 bridgehead atoms. The van der Waals surface area contributed by atoms with E-state index >= 15 is 0 Å². The van der Waals surface area contributed by atoms with Crippen molar-refractivity contribution in [3.8, 4) is 0 Å². The summed E-state index contributed by atoms with van der Waals surface area (Å²) in [6.45, 7) is 8.18. The van der Waals surface area contributed by atoms with E-state index < -0.39 is 15.9 Å². The van der Waals surface area contributed by atoms with Gasteiger partial charge in [0.25, 0.3) is 0 Å². The summed E-state index contributed by atoms with van der Waals surface area (Å²) in [5.74, 6) is -0.416. The highest BCUT2D eigenvalue weighted by molar-refractivity contribution is 7.89. The third-order valence-electron chi connectivity index (χ3n) is 6.66. The smallest absolute Gasteiger partial charge is 0.248 e. The number of hydrogen-bond donors (Lipinski definition) is 1. The number of hydrogen-bond acceptors (Lipinski definition) is 5. The van der Waals surface area contributed by atoms with Gasteiger partial charge in [-0.2, -0.15) is 4.31 Å². The first-order valence-electron chi connectivity index (χ1n) is 12.3. The molecule has 7 nitrogen and oxygen atoms in total. The van der Waals surface area contributed by atoms with E-state index in [1.807, 2.05) is 62.4 Å². The van der Waals surface area contributed by atoms with Crippen LogP contribution < -0.4 is 5.32 Å². The first kappa shape index (κ1) is 25.9. The van der Waals surface area contributed by atoms with E-state index in [-0.39, 0.29) is 23.1 Å². The minimum Gasteiger partial charge on any atom is -0.355 e. The summed E-state index contributed by atoms with van der Waals surface area (Å²) in [6.07, 6.45) is 5.66. The van der Waals surface area contributed by atoms with E-state index in [1.54, 1.807) is 13.0 Å². The predicted octanol–water partition coefficient (Wildman–Crippen LogP) is 5.37. The third kappa shape index (κ3) is 5.60. The Balaban J connectivity index is 1.53. The van der Waals surface area contributed by atoms with E-state index in [4.69, 9.17) is 4.52 Å². The van der Waals surface area contributed by atoms with Gasteiger partial charge < -0.3 is 9.84 Å². The van der Waals surface area contributed by atoms with Gasteiger partial charge in [-0.3, -0.25) is 4.79 Å². The van der Waals surface area contributed by atoms with Crippen LogP contribution in [0.1, 0.15) is 53.5 Å². The van der Waals surface area contributed by atoms with Gasteiger partial charge in [-0.15, -0.1) is 0 Å². The van der Waals surface area contributed by atoms with Crippen LogP contribution in [-0.2, 0) is 21.2 Å². The Kier molecular flexibility index (Phi) is 7.76. The standard InChI is InChI=1S/C28H33N3O4S/c1-5-22-10-13-25(14-11-22)29-28(32)24-7-6-16-31(18-24)36(33,34)27-21(4)30-35-26(27)15-12-23-17-19(2)8-9-20(23)3/h8-15,17,24H,5-7,16,18H2,1-4H3,(H,29,32)/b15-12+/t24-/m0/s1. The fourth-order valence-electron chi connectivity index (χ4n) is 4.48. The Labute approximate surface area is 213 Å². The molecular weight excluding hydrogens is 474 g/mol. The Morgan fingerprint density at radius 2 is 1.89 bits per heavy atom. The quantitative estimate of drug-likeness (QED) is 0.464. The van der Waals surface area contributed by atoms with Gasteiger partial charge in [0, 0.05) is 18.8 Å². The highest BCUT2D eigenvalue weighted by atomic mass is 32.2. The molecule has 0 radical (unpaired) electrons. The number of piperidine rings is 1. The molecule has 190 valence electrons. The van der Waals surface area contributed by atoms with Crippen molar-refractivity contribution in [1.29, 1.82) is 0 Å². The molecule has 0 unspecified atom stereocenters. The average molecular weight is 508 g/mol. The van der Waals surface area contributed by atoms with E-state index in [9.17, 15) is 13.2 Å². The molecule has 3 aromatic rings. The zero-order valence-electron chi connectivity index (χ0n) is 21.2. The van der Waals surface area contributed by atoms with Crippen molar-refractivity contribution in [2.24, 2.45) is 5.92 Å². The van der Waals surface area contributed by atoms with Crippen LogP contribution in [-0.4, -0.2) is 36.9 Å². The van der Waals surface area contributed by atoms with Gasteiger partial charge in [-0.05, 0) is 74.9 Å². The Hall–Kier alpha value is -3.23. The zero-order chi connectivity index (χ0) is 25.9. The molecule has 1 aliphatic heterocycles. The van der Waals surface area contributed by atoms with Crippen molar-refractivity contribution >= 4 is 33.8 Å². The number of carbonyl (C=O) groups is 1. The fourth-order valence-corrected chi connectivity index (χ4v) is 6.25. The van der Waals surface area contributed by atoms with E-state index in [0.29, 0.717) is 30.8 Å². The molecule has 0 spiro atoms. The second kappa shape index (κ2) is 10.8.